The first-order valence-electron chi connectivity index (χ1n) is 11.4. The summed E-state index contributed by atoms with van der Waals surface area (Å²) in [5.41, 5.74) is 4.27. The van der Waals surface area contributed by atoms with Crippen LogP contribution in [0, 0.1) is 6.92 Å². The Morgan fingerprint density at radius 1 is 1.06 bits per heavy atom. The minimum Gasteiger partial charge on any atom is -0.493 e. The molecule has 180 valence electrons. The molecule has 0 aliphatic carbocycles. The number of anilines is 1. The van der Waals surface area contributed by atoms with Crippen molar-refractivity contribution in [1.82, 2.24) is 5.32 Å². The molecule has 0 atom stereocenters. The van der Waals surface area contributed by atoms with E-state index in [1.54, 1.807) is 31.2 Å². The first-order valence-corrected chi connectivity index (χ1v) is 12.2. The molecular formula is C28H28N2O4S. The van der Waals surface area contributed by atoms with E-state index in [4.69, 9.17) is 9.47 Å². The van der Waals surface area contributed by atoms with Gasteiger partial charge in [0.2, 0.25) is 0 Å². The first-order chi connectivity index (χ1) is 16.9. The fourth-order valence-corrected chi connectivity index (χ4v) is 4.82. The van der Waals surface area contributed by atoms with E-state index < -0.39 is 0 Å². The van der Waals surface area contributed by atoms with Crippen molar-refractivity contribution in [2.24, 2.45) is 0 Å². The number of benzene rings is 3. The average molecular weight is 489 g/mol. The van der Waals surface area contributed by atoms with Gasteiger partial charge in [-0.2, -0.15) is 0 Å². The molecule has 35 heavy (non-hydrogen) atoms. The van der Waals surface area contributed by atoms with Gasteiger partial charge in [0.15, 0.2) is 11.5 Å². The number of likely N-dealkylation sites (N-methyl/N-ethyl adjacent to an activating group) is 1. The predicted molar refractivity (Wildman–Crippen MR) is 140 cm³/mol. The van der Waals surface area contributed by atoms with E-state index >= 15 is 0 Å². The number of methoxy groups -OCH3 is 1. The Labute approximate surface area is 209 Å². The van der Waals surface area contributed by atoms with Crippen LogP contribution in [0.2, 0.25) is 0 Å². The topological polar surface area (TPSA) is 67.9 Å². The molecule has 1 N–H and O–H groups in total. The van der Waals surface area contributed by atoms with E-state index in [1.165, 1.54) is 17.3 Å². The van der Waals surface area contributed by atoms with Gasteiger partial charge in [-0.1, -0.05) is 47.7 Å². The molecule has 1 heterocycles. The maximum absolute atomic E-state index is 13.1. The molecule has 0 radical (unpaired) electrons. The molecule has 1 aliphatic heterocycles. The third kappa shape index (κ3) is 5.52. The van der Waals surface area contributed by atoms with Crippen molar-refractivity contribution in [3.8, 4) is 11.5 Å². The van der Waals surface area contributed by atoms with Crippen LogP contribution in [0.15, 0.2) is 70.5 Å². The number of amides is 2. The fraction of sp³-hybridized carbons (Fsp3) is 0.214. The molecule has 0 spiro atoms. The maximum Gasteiger partial charge on any atom is 0.264 e. The molecule has 7 heteroatoms. The summed E-state index contributed by atoms with van der Waals surface area (Å²) in [6.45, 7) is 4.93. The van der Waals surface area contributed by atoms with Gasteiger partial charge in [-0.15, -0.1) is 0 Å². The Balaban J connectivity index is 1.52. The second kappa shape index (κ2) is 10.7. The second-order valence-electron chi connectivity index (χ2n) is 8.17. The number of rotatable bonds is 7. The van der Waals surface area contributed by atoms with Gasteiger partial charge in [0, 0.05) is 24.1 Å². The van der Waals surface area contributed by atoms with Crippen LogP contribution in [0.4, 0.5) is 5.69 Å². The molecule has 0 fully saturated rings. The molecule has 0 aromatic heterocycles. The van der Waals surface area contributed by atoms with Crippen LogP contribution < -0.4 is 19.7 Å². The van der Waals surface area contributed by atoms with Gasteiger partial charge in [0.25, 0.3) is 11.8 Å². The van der Waals surface area contributed by atoms with E-state index in [9.17, 15) is 9.59 Å². The third-order valence-electron chi connectivity index (χ3n) is 5.68. The number of hydrogen-bond donors (Lipinski definition) is 1. The molecule has 1 aliphatic rings. The summed E-state index contributed by atoms with van der Waals surface area (Å²) in [5.74, 6) is 0.967. The van der Waals surface area contributed by atoms with Gasteiger partial charge in [-0.05, 0) is 61.4 Å². The molecule has 3 aromatic rings. The smallest absolute Gasteiger partial charge is 0.264 e. The predicted octanol–water partition coefficient (Wildman–Crippen LogP) is 5.44. The summed E-state index contributed by atoms with van der Waals surface area (Å²) in [5, 5.41) is 2.95. The Kier molecular flexibility index (Phi) is 7.46. The van der Waals surface area contributed by atoms with Crippen molar-refractivity contribution < 1.29 is 19.1 Å². The molecule has 3 aromatic carbocycles. The van der Waals surface area contributed by atoms with Gasteiger partial charge >= 0.3 is 0 Å². The summed E-state index contributed by atoms with van der Waals surface area (Å²) >= 11 is 1.39. The minimum absolute atomic E-state index is 0.132. The monoisotopic (exact) mass is 488 g/mol. The summed E-state index contributed by atoms with van der Waals surface area (Å²) in [4.78, 5) is 28.9. The van der Waals surface area contributed by atoms with Crippen molar-refractivity contribution in [3.05, 3.63) is 87.8 Å². The van der Waals surface area contributed by atoms with Gasteiger partial charge in [-0.25, -0.2) is 0 Å². The minimum atomic E-state index is -0.179. The van der Waals surface area contributed by atoms with Crippen LogP contribution in [0.1, 0.15) is 34.0 Å². The summed E-state index contributed by atoms with van der Waals surface area (Å²) in [7, 11) is 3.31. The van der Waals surface area contributed by atoms with E-state index in [2.05, 4.69) is 5.32 Å². The highest BCUT2D eigenvalue weighted by Crippen LogP contribution is 2.42. The van der Waals surface area contributed by atoms with Crippen molar-refractivity contribution >= 4 is 35.3 Å². The SMILES string of the molecule is CCOc1ccc(C=C2Sc3ccc(C(=O)NCc4ccc(C)cc4)cc3N(C)C2=O)cc1OC. The van der Waals surface area contributed by atoms with Crippen molar-refractivity contribution in [3.63, 3.8) is 0 Å². The standard InChI is InChI=1S/C28H28N2O4S/c1-5-34-23-12-10-20(14-24(23)33-4)15-26-28(32)30(3)22-16-21(11-13-25(22)35-26)27(31)29-17-19-8-6-18(2)7-9-19/h6-16H,5,17H2,1-4H3,(H,29,31). The Hall–Kier alpha value is -3.71. The van der Waals surface area contributed by atoms with Gasteiger partial charge < -0.3 is 19.7 Å². The van der Waals surface area contributed by atoms with E-state index in [0.29, 0.717) is 40.8 Å². The second-order valence-corrected chi connectivity index (χ2v) is 9.25. The zero-order valence-electron chi connectivity index (χ0n) is 20.3. The molecule has 0 unspecified atom stereocenters. The number of nitrogens with zero attached hydrogens (tertiary/aromatic N) is 1. The van der Waals surface area contributed by atoms with E-state index in [-0.39, 0.29) is 11.8 Å². The number of carbonyl (C=O) groups excluding carboxylic acids is 2. The number of fused-ring (bicyclic) bond motifs is 1. The highest BCUT2D eigenvalue weighted by Gasteiger charge is 2.27. The highest BCUT2D eigenvalue weighted by molar-refractivity contribution is 8.04. The lowest BCUT2D eigenvalue weighted by Gasteiger charge is -2.27. The number of thioether (sulfide) groups is 1. The van der Waals surface area contributed by atoms with E-state index in [0.717, 1.165) is 16.0 Å². The molecule has 4 rings (SSSR count). The zero-order chi connectivity index (χ0) is 24.9. The van der Waals surface area contributed by atoms with Crippen LogP contribution in [-0.2, 0) is 11.3 Å². The van der Waals surface area contributed by atoms with Gasteiger partial charge in [-0.3, -0.25) is 9.59 Å². The highest BCUT2D eigenvalue weighted by atomic mass is 32.2. The lowest BCUT2D eigenvalue weighted by Crippen LogP contribution is -2.31. The molecule has 0 saturated carbocycles. The summed E-state index contributed by atoms with van der Waals surface area (Å²) in [6.07, 6.45) is 1.84. The van der Waals surface area contributed by atoms with Crippen LogP contribution in [0.3, 0.4) is 0 Å². The van der Waals surface area contributed by atoms with Crippen molar-refractivity contribution in [2.45, 2.75) is 25.3 Å². The largest absolute Gasteiger partial charge is 0.493 e. The normalized spacial score (nSPS) is 14.0. The maximum atomic E-state index is 13.1. The quantitative estimate of drug-likeness (QED) is 0.449. The first kappa shape index (κ1) is 24.4. The fourth-order valence-electron chi connectivity index (χ4n) is 3.73. The Bertz CT molecular complexity index is 1280. The van der Waals surface area contributed by atoms with Crippen molar-refractivity contribution in [2.75, 3.05) is 25.7 Å². The average Bonchev–Trinajstić information content (AvgIpc) is 2.87. The van der Waals surface area contributed by atoms with Gasteiger partial charge in [0.1, 0.15) is 0 Å². The van der Waals surface area contributed by atoms with Crippen LogP contribution in [0.5, 0.6) is 11.5 Å². The molecule has 6 nitrogen and oxygen atoms in total. The summed E-state index contributed by atoms with van der Waals surface area (Å²) < 4.78 is 11.0. The zero-order valence-corrected chi connectivity index (χ0v) is 21.1. The van der Waals surface area contributed by atoms with Crippen LogP contribution >= 0.6 is 11.8 Å². The number of aryl methyl sites for hydroxylation is 1. The Morgan fingerprint density at radius 2 is 1.83 bits per heavy atom. The number of carbonyl (C=O) groups is 2. The van der Waals surface area contributed by atoms with Crippen LogP contribution in [0.25, 0.3) is 6.08 Å². The molecular weight excluding hydrogens is 460 g/mol. The van der Waals surface area contributed by atoms with E-state index in [1.807, 2.05) is 68.5 Å². The van der Waals surface area contributed by atoms with Gasteiger partial charge in [0.05, 0.1) is 24.3 Å². The number of nitrogens with one attached hydrogen (secondary N) is 1. The lowest BCUT2D eigenvalue weighted by atomic mass is 10.1. The van der Waals surface area contributed by atoms with Crippen LogP contribution in [-0.4, -0.2) is 32.6 Å². The lowest BCUT2D eigenvalue weighted by molar-refractivity contribution is -0.114. The molecule has 2 amide bonds. The number of hydrogen-bond acceptors (Lipinski definition) is 5. The Morgan fingerprint density at radius 3 is 2.54 bits per heavy atom. The van der Waals surface area contributed by atoms with Crippen molar-refractivity contribution in [1.29, 1.82) is 0 Å². The molecule has 0 bridgehead atoms. The third-order valence-corrected chi connectivity index (χ3v) is 6.75. The number of ether oxygens (including phenoxy) is 2. The molecule has 0 saturated heterocycles. The summed E-state index contributed by atoms with van der Waals surface area (Å²) in [6, 6.07) is 19.1.